The number of anilines is 1. The quantitative estimate of drug-likeness (QED) is 0.221. The van der Waals surface area contributed by atoms with Gasteiger partial charge in [0, 0.05) is 30.5 Å². The average Bonchev–Trinajstić information content (AvgIpc) is 3.42. The predicted molar refractivity (Wildman–Crippen MR) is 150 cm³/mol. The molecular weight excluding hydrogens is 552 g/mol. The predicted octanol–water partition coefficient (Wildman–Crippen LogP) is 6.94. The molecule has 11 heteroatoms. The Balaban J connectivity index is 1.26. The molecule has 1 saturated heterocycles. The van der Waals surface area contributed by atoms with Crippen LogP contribution in [0.15, 0.2) is 59.6 Å². The minimum absolute atomic E-state index is 0.164. The summed E-state index contributed by atoms with van der Waals surface area (Å²) in [6.07, 6.45) is 0.773. The highest BCUT2D eigenvalue weighted by atomic mass is 32.2. The van der Waals surface area contributed by atoms with Crippen LogP contribution in [0.5, 0.6) is 0 Å². The molecule has 0 atom stereocenters. The molecule has 0 spiro atoms. The summed E-state index contributed by atoms with van der Waals surface area (Å²) in [4.78, 5) is 32.2. The minimum Gasteiger partial charge on any atom is -0.302 e. The first kappa shape index (κ1) is 28.0. The van der Waals surface area contributed by atoms with Crippen molar-refractivity contribution in [1.29, 1.82) is 0 Å². The van der Waals surface area contributed by atoms with Gasteiger partial charge < -0.3 is 5.32 Å². The molecule has 0 bridgehead atoms. The van der Waals surface area contributed by atoms with Crippen molar-refractivity contribution in [3.63, 3.8) is 0 Å². The summed E-state index contributed by atoms with van der Waals surface area (Å²) in [5.41, 5.74) is 1.96. The first-order chi connectivity index (χ1) is 18.1. The van der Waals surface area contributed by atoms with Gasteiger partial charge in [0.25, 0.3) is 5.91 Å². The molecule has 0 radical (unpaired) electrons. The first-order valence-corrected chi connectivity index (χ1v) is 13.9. The van der Waals surface area contributed by atoms with Crippen LogP contribution in [0, 0.1) is 0 Å². The van der Waals surface area contributed by atoms with Crippen molar-refractivity contribution in [2.45, 2.75) is 38.8 Å². The van der Waals surface area contributed by atoms with Crippen LogP contribution < -0.4 is 5.32 Å². The number of rotatable bonds is 9. The van der Waals surface area contributed by atoms with Crippen molar-refractivity contribution in [3.05, 3.63) is 86.8 Å². The van der Waals surface area contributed by atoms with Crippen molar-refractivity contribution in [2.75, 3.05) is 11.9 Å². The summed E-state index contributed by atoms with van der Waals surface area (Å²) in [5.74, 6) is -0.430. The standard InChI is InChI=1S/C27H24F3N3O2S3/c1-2-17-8-10-18(11-9-17)15-22-24(35)33(26(36)38-22)12-4-7-23(34)32-25-31-16-21(37-25)14-19-5-3-6-20(13-19)27(28,29)30/h3,5-6,8-11,13,15-16H,2,4,7,12,14H2,1H3,(H,31,32,34)/b22-15+. The van der Waals surface area contributed by atoms with E-state index in [0.717, 1.165) is 29.0 Å². The van der Waals surface area contributed by atoms with E-state index in [9.17, 15) is 22.8 Å². The number of thiazole rings is 1. The van der Waals surface area contributed by atoms with Crippen LogP contribution in [0.1, 0.15) is 46.9 Å². The average molecular weight is 576 g/mol. The fraction of sp³-hybridized carbons (Fsp3) is 0.259. The minimum atomic E-state index is -4.40. The lowest BCUT2D eigenvalue weighted by molar-refractivity contribution is -0.137. The number of halogens is 3. The van der Waals surface area contributed by atoms with E-state index in [1.165, 1.54) is 39.6 Å². The number of amides is 2. The van der Waals surface area contributed by atoms with Crippen LogP contribution in [0.3, 0.4) is 0 Å². The van der Waals surface area contributed by atoms with Gasteiger partial charge in [-0.25, -0.2) is 4.98 Å². The Kier molecular flexibility index (Phi) is 9.01. The van der Waals surface area contributed by atoms with Gasteiger partial charge in [0.05, 0.1) is 10.5 Å². The lowest BCUT2D eigenvalue weighted by atomic mass is 10.1. The van der Waals surface area contributed by atoms with Gasteiger partial charge >= 0.3 is 6.18 Å². The van der Waals surface area contributed by atoms with E-state index in [1.54, 1.807) is 12.3 Å². The zero-order valence-electron chi connectivity index (χ0n) is 20.4. The second kappa shape index (κ2) is 12.2. The number of nitrogens with one attached hydrogen (secondary N) is 1. The number of thiocarbonyl (C=S) groups is 1. The number of hydrogen-bond donors (Lipinski definition) is 1. The van der Waals surface area contributed by atoms with Crippen LogP contribution in [0.25, 0.3) is 6.08 Å². The Labute approximate surface area is 232 Å². The third-order valence-electron chi connectivity index (χ3n) is 5.78. The smallest absolute Gasteiger partial charge is 0.302 e. The summed E-state index contributed by atoms with van der Waals surface area (Å²) in [5, 5.41) is 3.09. The number of carbonyl (C=O) groups is 2. The van der Waals surface area contributed by atoms with Gasteiger partial charge in [-0.15, -0.1) is 11.3 Å². The van der Waals surface area contributed by atoms with Crippen molar-refractivity contribution in [2.24, 2.45) is 0 Å². The molecule has 0 saturated carbocycles. The maximum Gasteiger partial charge on any atom is 0.416 e. The number of carbonyl (C=O) groups excluding carboxylic acids is 2. The van der Waals surface area contributed by atoms with Gasteiger partial charge in [-0.3, -0.25) is 14.5 Å². The van der Waals surface area contributed by atoms with E-state index in [0.29, 0.717) is 32.9 Å². The van der Waals surface area contributed by atoms with Crippen LogP contribution in [-0.4, -0.2) is 32.6 Å². The molecule has 0 aliphatic carbocycles. The van der Waals surface area contributed by atoms with Crippen LogP contribution in [-0.2, 0) is 28.6 Å². The number of hydrogen-bond acceptors (Lipinski definition) is 6. The molecule has 38 heavy (non-hydrogen) atoms. The third kappa shape index (κ3) is 7.30. The van der Waals surface area contributed by atoms with Crippen LogP contribution in [0.4, 0.5) is 18.3 Å². The van der Waals surface area contributed by atoms with Crippen molar-refractivity contribution in [1.82, 2.24) is 9.88 Å². The number of nitrogens with zero attached hydrogens (tertiary/aromatic N) is 2. The second-order valence-corrected chi connectivity index (χ2v) is 11.4. The second-order valence-electron chi connectivity index (χ2n) is 8.59. The molecule has 1 N–H and O–H groups in total. The largest absolute Gasteiger partial charge is 0.416 e. The number of aromatic nitrogens is 1. The highest BCUT2D eigenvalue weighted by Gasteiger charge is 2.32. The zero-order chi connectivity index (χ0) is 27.3. The molecule has 1 aliphatic rings. The molecule has 2 heterocycles. The number of aryl methyl sites for hydroxylation is 1. The van der Waals surface area contributed by atoms with E-state index in [1.807, 2.05) is 30.3 Å². The van der Waals surface area contributed by atoms with E-state index in [2.05, 4.69) is 17.2 Å². The van der Waals surface area contributed by atoms with Gasteiger partial charge in [0.1, 0.15) is 4.32 Å². The van der Waals surface area contributed by atoms with E-state index in [4.69, 9.17) is 12.2 Å². The number of alkyl halides is 3. The van der Waals surface area contributed by atoms with Gasteiger partial charge in [-0.2, -0.15) is 13.2 Å². The van der Waals surface area contributed by atoms with Gasteiger partial charge in [-0.05, 0) is 41.7 Å². The molecule has 3 aromatic rings. The molecule has 1 aliphatic heterocycles. The lowest BCUT2D eigenvalue weighted by Gasteiger charge is -2.13. The Morgan fingerprint density at radius 2 is 1.92 bits per heavy atom. The molecule has 2 amide bonds. The molecule has 5 nitrogen and oxygen atoms in total. The Morgan fingerprint density at radius 3 is 2.63 bits per heavy atom. The Bertz CT molecular complexity index is 1370. The molecule has 1 aromatic heterocycles. The lowest BCUT2D eigenvalue weighted by Crippen LogP contribution is -2.29. The summed E-state index contributed by atoms with van der Waals surface area (Å²) in [6.45, 7) is 2.40. The zero-order valence-corrected chi connectivity index (χ0v) is 22.8. The van der Waals surface area contributed by atoms with Crippen LogP contribution >= 0.6 is 35.3 Å². The fourth-order valence-corrected chi connectivity index (χ4v) is 5.95. The highest BCUT2D eigenvalue weighted by molar-refractivity contribution is 8.26. The summed E-state index contributed by atoms with van der Waals surface area (Å²) in [6, 6.07) is 13.1. The highest BCUT2D eigenvalue weighted by Crippen LogP contribution is 2.33. The number of benzene rings is 2. The van der Waals surface area contributed by atoms with E-state index in [-0.39, 0.29) is 24.7 Å². The molecule has 1 fully saturated rings. The molecule has 2 aromatic carbocycles. The summed E-state index contributed by atoms with van der Waals surface area (Å²) < 4.78 is 39.3. The SMILES string of the molecule is CCc1ccc(/C=C2/SC(=S)N(CCCC(=O)Nc3ncc(Cc4cccc(C(F)(F)F)c4)s3)C2=O)cc1. The van der Waals surface area contributed by atoms with Gasteiger partial charge in [0.15, 0.2) is 5.13 Å². The van der Waals surface area contributed by atoms with Gasteiger partial charge in [-0.1, -0.05) is 73.4 Å². The fourth-order valence-electron chi connectivity index (χ4n) is 3.78. The third-order valence-corrected chi connectivity index (χ3v) is 8.07. The van der Waals surface area contributed by atoms with Crippen molar-refractivity contribution >= 4 is 62.7 Å². The molecule has 0 unspecified atom stereocenters. The Hall–Kier alpha value is -3.02. The monoisotopic (exact) mass is 575 g/mol. The maximum atomic E-state index is 12.9. The topological polar surface area (TPSA) is 62.3 Å². The van der Waals surface area contributed by atoms with E-state index < -0.39 is 11.7 Å². The van der Waals surface area contributed by atoms with Crippen molar-refractivity contribution in [3.8, 4) is 0 Å². The number of thioether (sulfide) groups is 1. The first-order valence-electron chi connectivity index (χ1n) is 11.9. The normalized spacial score (nSPS) is 14.9. The van der Waals surface area contributed by atoms with Crippen molar-refractivity contribution < 1.29 is 22.8 Å². The summed E-state index contributed by atoms with van der Waals surface area (Å²) >= 11 is 7.84. The van der Waals surface area contributed by atoms with Gasteiger partial charge in [0.2, 0.25) is 5.91 Å². The van der Waals surface area contributed by atoms with Crippen LogP contribution in [0.2, 0.25) is 0 Å². The molecule has 198 valence electrons. The Morgan fingerprint density at radius 1 is 1.16 bits per heavy atom. The maximum absolute atomic E-state index is 12.9. The molecular formula is C27H24F3N3O2S3. The molecule has 4 rings (SSSR count). The van der Waals surface area contributed by atoms with E-state index >= 15 is 0 Å². The summed E-state index contributed by atoms with van der Waals surface area (Å²) in [7, 11) is 0.